The fourth-order valence-corrected chi connectivity index (χ4v) is 16.7. The summed E-state index contributed by atoms with van der Waals surface area (Å²) >= 11 is 0. The molecular formula is C99H77BN2. The Kier molecular flexibility index (Phi) is 13.8. The number of hydrogen-bond acceptors (Lipinski definition) is 2. The van der Waals surface area contributed by atoms with E-state index < -0.39 is 18.2 Å². The van der Waals surface area contributed by atoms with E-state index in [1.807, 2.05) is 6.07 Å². The molecule has 102 heavy (non-hydrogen) atoms. The van der Waals surface area contributed by atoms with Crippen LogP contribution in [0.3, 0.4) is 0 Å². The van der Waals surface area contributed by atoms with Gasteiger partial charge in [-0.05, 0) is 152 Å². The first-order chi connectivity index (χ1) is 52.0. The van der Waals surface area contributed by atoms with Gasteiger partial charge in [0.15, 0.2) is 0 Å². The van der Waals surface area contributed by atoms with Gasteiger partial charge < -0.3 is 9.80 Å². The molecule has 3 aliphatic rings. The number of nitrogens with zero attached hydrogens (tertiary/aromatic N) is 2. The van der Waals surface area contributed by atoms with Crippen LogP contribution in [0.5, 0.6) is 0 Å². The minimum absolute atomic E-state index is 0.145. The summed E-state index contributed by atoms with van der Waals surface area (Å²) in [6.45, 7) is 13.3. The summed E-state index contributed by atoms with van der Waals surface area (Å²) in [6.07, 6.45) is 0. The maximum absolute atomic E-state index is 9.67. The molecule has 2 heterocycles. The van der Waals surface area contributed by atoms with Crippen molar-refractivity contribution in [1.82, 2.24) is 0 Å². The molecule has 18 rings (SSSR count). The third-order valence-corrected chi connectivity index (χ3v) is 21.5. The Labute approximate surface area is 608 Å². The second kappa shape index (κ2) is 24.7. The molecule has 0 fully saturated rings. The fraction of sp³-hybridized carbons (Fsp3) is 0.0909. The summed E-state index contributed by atoms with van der Waals surface area (Å²) in [5.74, 6) is 0. The molecule has 2 nitrogen and oxygen atoms in total. The molecule has 0 spiro atoms. The summed E-state index contributed by atoms with van der Waals surface area (Å²) in [5, 5.41) is 0. The molecule has 0 amide bonds. The topological polar surface area (TPSA) is 6.48 Å². The Morgan fingerprint density at radius 2 is 0.686 bits per heavy atom. The predicted molar refractivity (Wildman–Crippen MR) is 433 cm³/mol. The number of hydrogen-bond donors (Lipinski definition) is 0. The summed E-state index contributed by atoms with van der Waals surface area (Å²) in [4.78, 5) is 5.14. The number of anilines is 6. The summed E-state index contributed by atoms with van der Waals surface area (Å²) in [5.41, 5.74) is 30.5. The molecule has 0 atom stereocenters. The highest BCUT2D eigenvalue weighted by Gasteiger charge is 2.50. The smallest absolute Gasteiger partial charge is 0.252 e. The SMILES string of the molecule is [2H]c1c([2H])c([2H])c(-c2ccc3c(c2)B2c4ccc(-c5cc(C(C)(C)C)cc(C(C)(C)C)c5)cc4N(c4c(-c5ccccc5)cccc4-c4ccccc4)c4cc(-c5cccc6c5C(c5ccccc5)(c5ccccc5)c5ccccc5-6)cc(c42)N3c2c(-c3ccccc3)cccc2-c2ccccc2)c([2H])c1[2H]. The van der Waals surface area contributed by atoms with Gasteiger partial charge in [0.1, 0.15) is 0 Å². The van der Waals surface area contributed by atoms with Crippen molar-refractivity contribution in [3.05, 3.63) is 391 Å². The highest BCUT2D eigenvalue weighted by atomic mass is 15.2. The van der Waals surface area contributed by atoms with Gasteiger partial charge in [-0.15, -0.1) is 0 Å². The third kappa shape index (κ3) is 10.2. The van der Waals surface area contributed by atoms with Crippen molar-refractivity contribution >= 4 is 57.2 Å². The van der Waals surface area contributed by atoms with Gasteiger partial charge in [0.2, 0.25) is 0 Å². The van der Waals surface area contributed by atoms with Gasteiger partial charge in [-0.2, -0.15) is 0 Å². The maximum Gasteiger partial charge on any atom is 0.252 e. The lowest BCUT2D eigenvalue weighted by Gasteiger charge is -2.46. The average molecular weight is 1310 g/mol. The van der Waals surface area contributed by atoms with Gasteiger partial charge in [0.05, 0.1) is 23.6 Å². The lowest BCUT2D eigenvalue weighted by molar-refractivity contribution is 0.569. The lowest BCUT2D eigenvalue weighted by atomic mass is 9.33. The molecule has 0 saturated heterocycles. The third-order valence-electron chi connectivity index (χ3n) is 21.5. The van der Waals surface area contributed by atoms with Crippen LogP contribution in [0.25, 0.3) is 89.0 Å². The van der Waals surface area contributed by atoms with Crippen LogP contribution in [0, 0.1) is 0 Å². The molecule has 0 N–H and O–H groups in total. The first kappa shape index (κ1) is 56.8. The molecule has 2 aliphatic heterocycles. The van der Waals surface area contributed by atoms with Crippen molar-refractivity contribution in [1.29, 1.82) is 0 Å². The van der Waals surface area contributed by atoms with Crippen LogP contribution in [0.1, 0.15) is 81.8 Å². The normalized spacial score (nSPS) is 13.9. The summed E-state index contributed by atoms with van der Waals surface area (Å²) in [7, 11) is 0. The Balaban J connectivity index is 1.06. The molecule has 3 heteroatoms. The van der Waals surface area contributed by atoms with Gasteiger partial charge in [0.25, 0.3) is 6.71 Å². The van der Waals surface area contributed by atoms with Crippen LogP contribution < -0.4 is 26.2 Å². The van der Waals surface area contributed by atoms with E-state index in [2.05, 4.69) is 373 Å². The minimum atomic E-state index is -0.789. The van der Waals surface area contributed by atoms with Crippen molar-refractivity contribution in [2.75, 3.05) is 9.80 Å². The van der Waals surface area contributed by atoms with E-state index in [-0.39, 0.29) is 40.6 Å². The average Bonchev–Trinajstić information content (AvgIpc) is 1.64. The Morgan fingerprint density at radius 3 is 1.18 bits per heavy atom. The number of para-hydroxylation sites is 2. The highest BCUT2D eigenvalue weighted by molar-refractivity contribution is 7.00. The van der Waals surface area contributed by atoms with Crippen molar-refractivity contribution in [3.63, 3.8) is 0 Å². The molecule has 1 aliphatic carbocycles. The van der Waals surface area contributed by atoms with Crippen molar-refractivity contribution in [2.45, 2.75) is 57.8 Å². The van der Waals surface area contributed by atoms with E-state index in [9.17, 15) is 5.48 Å². The van der Waals surface area contributed by atoms with Crippen LogP contribution in [0.4, 0.5) is 34.1 Å². The molecule has 0 saturated carbocycles. The predicted octanol–water partition coefficient (Wildman–Crippen LogP) is 24.4. The standard InChI is InChI=1S/C99H77BN2/c1-97(2,3)77-59-73(60-78(65-77)98(4,5)6)72-55-57-87-90(62-72)102(96-82(69-39-20-10-21-40-69)51-32-52-83(96)70-41-22-11-23-42-70)92-64-74(79-48-30-53-85-84-47-28-29-54-86(84)99(93(79)85,75-43-24-12-25-44-75)76-45-26-13-27-46-76)63-91-94(92)100(87)88-61-71(66-33-14-7-15-34-66)56-58-89(88)101(91)95-80(67-35-16-8-17-36-67)49-31-50-81(95)68-37-18-9-19-38-68/h7-65H,1-6H3/i7D,14D,15D,33D,34D. The summed E-state index contributed by atoms with van der Waals surface area (Å²) in [6, 6.07) is 119. The molecular weight excluding hydrogens is 1230 g/mol. The Morgan fingerprint density at radius 1 is 0.284 bits per heavy atom. The van der Waals surface area contributed by atoms with E-state index in [1.54, 1.807) is 0 Å². The van der Waals surface area contributed by atoms with Crippen LogP contribution in [0.2, 0.25) is 0 Å². The van der Waals surface area contributed by atoms with Crippen molar-refractivity contribution in [2.24, 2.45) is 0 Å². The van der Waals surface area contributed by atoms with Crippen LogP contribution in [-0.2, 0) is 16.2 Å². The summed E-state index contributed by atoms with van der Waals surface area (Å²) < 4.78 is 46.5. The molecule has 0 radical (unpaired) electrons. The van der Waals surface area contributed by atoms with Crippen LogP contribution in [0.15, 0.2) is 358 Å². The molecule has 486 valence electrons. The van der Waals surface area contributed by atoms with Gasteiger partial charge in [-0.25, -0.2) is 0 Å². The molecule has 15 aromatic rings. The first-order valence-corrected chi connectivity index (χ1v) is 35.6. The van der Waals surface area contributed by atoms with Gasteiger partial charge in [-0.3, -0.25) is 0 Å². The first-order valence-electron chi connectivity index (χ1n) is 38.1. The van der Waals surface area contributed by atoms with Crippen molar-refractivity contribution in [3.8, 4) is 89.0 Å². The molecule has 15 aromatic carbocycles. The Bertz CT molecular complexity index is 5810. The zero-order chi connectivity index (χ0) is 73.2. The van der Waals surface area contributed by atoms with E-state index in [0.29, 0.717) is 5.56 Å². The van der Waals surface area contributed by atoms with E-state index in [4.69, 9.17) is 1.37 Å². The van der Waals surface area contributed by atoms with Gasteiger partial charge in [0, 0.05) is 45.0 Å². The second-order valence-electron chi connectivity index (χ2n) is 29.5. The number of fused-ring (bicyclic) bond motifs is 7. The van der Waals surface area contributed by atoms with Crippen molar-refractivity contribution < 1.29 is 6.85 Å². The van der Waals surface area contributed by atoms with Crippen LogP contribution >= 0.6 is 0 Å². The Hall–Kier alpha value is -12.0. The lowest BCUT2D eigenvalue weighted by Crippen LogP contribution is -2.61. The van der Waals surface area contributed by atoms with Crippen LogP contribution in [-0.4, -0.2) is 6.71 Å². The largest absolute Gasteiger partial charge is 0.310 e. The number of rotatable bonds is 11. The monoisotopic (exact) mass is 1310 g/mol. The molecule has 0 aromatic heterocycles. The van der Waals surface area contributed by atoms with Gasteiger partial charge in [-0.1, -0.05) is 375 Å². The molecule has 0 unspecified atom stereocenters. The second-order valence-corrected chi connectivity index (χ2v) is 29.5. The molecule has 0 bridgehead atoms. The van der Waals surface area contributed by atoms with E-state index in [0.717, 1.165) is 134 Å². The zero-order valence-electron chi connectivity index (χ0n) is 63.1. The highest BCUT2D eigenvalue weighted by Crippen LogP contribution is 2.61. The minimum Gasteiger partial charge on any atom is -0.310 e. The quantitative estimate of drug-likeness (QED) is 0.119. The zero-order valence-corrected chi connectivity index (χ0v) is 58.1. The number of benzene rings is 15. The fourth-order valence-electron chi connectivity index (χ4n) is 16.7. The van der Waals surface area contributed by atoms with Gasteiger partial charge >= 0.3 is 0 Å². The van der Waals surface area contributed by atoms with E-state index >= 15 is 0 Å². The van der Waals surface area contributed by atoms with E-state index in [1.165, 1.54) is 27.8 Å². The maximum atomic E-state index is 9.67.